The van der Waals surface area contributed by atoms with Gasteiger partial charge < -0.3 is 14.8 Å². The van der Waals surface area contributed by atoms with E-state index in [4.69, 9.17) is 9.47 Å². The van der Waals surface area contributed by atoms with Crippen molar-refractivity contribution in [3.63, 3.8) is 0 Å². The first kappa shape index (κ1) is 14.7. The molecule has 0 heterocycles. The van der Waals surface area contributed by atoms with Gasteiger partial charge in [-0.05, 0) is 31.2 Å². The summed E-state index contributed by atoms with van der Waals surface area (Å²) < 4.78 is 10.5. The first-order valence-electron chi connectivity index (χ1n) is 5.40. The summed E-state index contributed by atoms with van der Waals surface area (Å²) >= 11 is 3.29. The molecule has 0 aliphatic carbocycles. The van der Waals surface area contributed by atoms with Crippen molar-refractivity contribution in [2.24, 2.45) is 0 Å². The lowest BCUT2D eigenvalue weighted by molar-refractivity contribution is -0.151. The number of hydrogen-bond donors (Lipinski definition) is 1. The van der Waals surface area contributed by atoms with Crippen LogP contribution in [0.4, 0.5) is 5.69 Å². The van der Waals surface area contributed by atoms with E-state index in [0.29, 0.717) is 12.3 Å². The molecule has 1 aromatic carbocycles. The molecular weight excluding hydrogens is 302 g/mol. The summed E-state index contributed by atoms with van der Waals surface area (Å²) in [6.07, 6.45) is 0. The Labute approximate surface area is 114 Å². The molecule has 0 atom stereocenters. The highest BCUT2D eigenvalue weighted by Crippen LogP contribution is 2.13. The lowest BCUT2D eigenvalue weighted by Gasteiger charge is -2.06. The van der Waals surface area contributed by atoms with Gasteiger partial charge in [0, 0.05) is 16.8 Å². The summed E-state index contributed by atoms with van der Waals surface area (Å²) in [7, 11) is 0. The Bertz CT molecular complexity index is 405. The van der Waals surface area contributed by atoms with Crippen LogP contribution in [-0.4, -0.2) is 31.7 Å². The summed E-state index contributed by atoms with van der Waals surface area (Å²) in [5, 5.41) is 2.60. The number of halogens is 1. The van der Waals surface area contributed by atoms with Crippen molar-refractivity contribution in [3.8, 4) is 0 Å². The largest absolute Gasteiger partial charge is 0.454 e. The third-order valence-electron chi connectivity index (χ3n) is 1.92. The minimum atomic E-state index is -0.553. The van der Waals surface area contributed by atoms with Crippen LogP contribution < -0.4 is 5.32 Å². The minimum Gasteiger partial charge on any atom is -0.454 e. The number of carbonyl (C=O) groups excluding carboxylic acids is 2. The van der Waals surface area contributed by atoms with Crippen LogP contribution >= 0.6 is 15.9 Å². The smallest absolute Gasteiger partial charge is 0.332 e. The van der Waals surface area contributed by atoms with E-state index in [1.807, 2.05) is 0 Å². The lowest BCUT2D eigenvalue weighted by Crippen LogP contribution is -2.22. The van der Waals surface area contributed by atoms with E-state index in [2.05, 4.69) is 21.2 Å². The third kappa shape index (κ3) is 5.79. The number of nitrogens with one attached hydrogen (secondary N) is 1. The van der Waals surface area contributed by atoms with Crippen molar-refractivity contribution >= 4 is 33.5 Å². The molecule has 1 rings (SSSR count). The van der Waals surface area contributed by atoms with Crippen LogP contribution in [0.2, 0.25) is 0 Å². The van der Waals surface area contributed by atoms with Gasteiger partial charge in [-0.2, -0.15) is 0 Å². The molecule has 1 N–H and O–H groups in total. The summed E-state index contributed by atoms with van der Waals surface area (Å²) in [6, 6.07) is 7.08. The Morgan fingerprint density at radius 3 is 2.50 bits per heavy atom. The Hall–Kier alpha value is -1.40. The van der Waals surface area contributed by atoms with Crippen LogP contribution in [0.5, 0.6) is 0 Å². The van der Waals surface area contributed by atoms with Crippen LogP contribution in [0.3, 0.4) is 0 Å². The standard InChI is InChI=1S/C12H14BrNO4/c1-2-17-8-12(16)18-7-11(15)14-10-5-3-9(13)4-6-10/h3-6H,2,7-8H2,1H3,(H,14,15). The number of benzene rings is 1. The molecule has 18 heavy (non-hydrogen) atoms. The maximum absolute atomic E-state index is 11.4. The Morgan fingerprint density at radius 2 is 1.89 bits per heavy atom. The van der Waals surface area contributed by atoms with Crippen LogP contribution in [0.15, 0.2) is 28.7 Å². The highest BCUT2D eigenvalue weighted by atomic mass is 79.9. The van der Waals surface area contributed by atoms with Crippen molar-refractivity contribution in [3.05, 3.63) is 28.7 Å². The van der Waals surface area contributed by atoms with E-state index in [9.17, 15) is 9.59 Å². The van der Waals surface area contributed by atoms with Gasteiger partial charge in [0.05, 0.1) is 0 Å². The van der Waals surface area contributed by atoms with E-state index < -0.39 is 5.97 Å². The second-order valence-electron chi connectivity index (χ2n) is 3.35. The van der Waals surface area contributed by atoms with E-state index in [1.165, 1.54) is 0 Å². The molecule has 0 saturated carbocycles. The van der Waals surface area contributed by atoms with Gasteiger partial charge in [-0.3, -0.25) is 4.79 Å². The Kier molecular flexibility index (Phi) is 6.38. The van der Waals surface area contributed by atoms with Crippen LogP contribution in [0.1, 0.15) is 6.92 Å². The average Bonchev–Trinajstić information content (AvgIpc) is 2.36. The van der Waals surface area contributed by atoms with Gasteiger partial charge in [0.2, 0.25) is 0 Å². The first-order valence-corrected chi connectivity index (χ1v) is 6.20. The minimum absolute atomic E-state index is 0.137. The summed E-state index contributed by atoms with van der Waals surface area (Å²) in [5.74, 6) is -0.940. The summed E-state index contributed by atoms with van der Waals surface area (Å²) in [5.41, 5.74) is 0.643. The number of carbonyl (C=O) groups is 2. The Morgan fingerprint density at radius 1 is 1.22 bits per heavy atom. The lowest BCUT2D eigenvalue weighted by atomic mass is 10.3. The quantitative estimate of drug-likeness (QED) is 0.815. The van der Waals surface area contributed by atoms with Crippen molar-refractivity contribution in [2.75, 3.05) is 25.1 Å². The van der Waals surface area contributed by atoms with Crippen molar-refractivity contribution in [1.82, 2.24) is 0 Å². The van der Waals surface area contributed by atoms with Crippen LogP contribution in [0, 0.1) is 0 Å². The van der Waals surface area contributed by atoms with Crippen LogP contribution in [-0.2, 0) is 19.1 Å². The third-order valence-corrected chi connectivity index (χ3v) is 2.44. The normalized spacial score (nSPS) is 9.89. The summed E-state index contributed by atoms with van der Waals surface area (Å²) in [4.78, 5) is 22.5. The second-order valence-corrected chi connectivity index (χ2v) is 4.27. The number of hydrogen-bond acceptors (Lipinski definition) is 4. The maximum atomic E-state index is 11.4. The fourth-order valence-corrected chi connectivity index (χ4v) is 1.37. The van der Waals surface area contributed by atoms with Gasteiger partial charge in [-0.25, -0.2) is 4.79 Å². The zero-order valence-corrected chi connectivity index (χ0v) is 11.5. The zero-order valence-electron chi connectivity index (χ0n) is 9.94. The van der Waals surface area contributed by atoms with Gasteiger partial charge in [0.25, 0.3) is 5.91 Å². The molecule has 0 aromatic heterocycles. The molecule has 0 spiro atoms. The van der Waals surface area contributed by atoms with Gasteiger partial charge in [0.1, 0.15) is 6.61 Å². The summed E-state index contributed by atoms with van der Waals surface area (Å²) in [6.45, 7) is 1.75. The molecule has 0 unspecified atom stereocenters. The Balaban J connectivity index is 2.29. The van der Waals surface area contributed by atoms with Gasteiger partial charge in [-0.15, -0.1) is 0 Å². The molecule has 0 fully saturated rings. The fourth-order valence-electron chi connectivity index (χ4n) is 1.10. The van der Waals surface area contributed by atoms with E-state index >= 15 is 0 Å². The van der Waals surface area contributed by atoms with E-state index in [1.54, 1.807) is 31.2 Å². The molecule has 6 heteroatoms. The maximum Gasteiger partial charge on any atom is 0.332 e. The molecule has 0 bridgehead atoms. The van der Waals surface area contributed by atoms with Gasteiger partial charge in [0.15, 0.2) is 6.61 Å². The fraction of sp³-hybridized carbons (Fsp3) is 0.333. The van der Waals surface area contributed by atoms with Crippen LogP contribution in [0.25, 0.3) is 0 Å². The van der Waals surface area contributed by atoms with Crippen molar-refractivity contribution < 1.29 is 19.1 Å². The molecule has 1 amide bonds. The highest BCUT2D eigenvalue weighted by molar-refractivity contribution is 9.10. The second kappa shape index (κ2) is 7.84. The number of esters is 1. The van der Waals surface area contributed by atoms with Gasteiger partial charge in [-0.1, -0.05) is 15.9 Å². The highest BCUT2D eigenvalue weighted by Gasteiger charge is 2.07. The number of ether oxygens (including phenoxy) is 2. The number of amides is 1. The topological polar surface area (TPSA) is 64.6 Å². The molecular formula is C12H14BrNO4. The number of rotatable bonds is 6. The molecule has 0 saturated heterocycles. The predicted molar refractivity (Wildman–Crippen MR) is 70.2 cm³/mol. The average molecular weight is 316 g/mol. The molecule has 0 aliphatic rings. The van der Waals surface area contributed by atoms with Crippen molar-refractivity contribution in [2.45, 2.75) is 6.92 Å². The zero-order chi connectivity index (χ0) is 13.4. The molecule has 98 valence electrons. The van der Waals surface area contributed by atoms with E-state index in [0.717, 1.165) is 4.47 Å². The molecule has 0 aliphatic heterocycles. The number of anilines is 1. The van der Waals surface area contributed by atoms with Crippen molar-refractivity contribution in [1.29, 1.82) is 0 Å². The first-order chi connectivity index (χ1) is 8.61. The molecule has 0 radical (unpaired) electrons. The predicted octanol–water partition coefficient (Wildman–Crippen LogP) is 1.97. The molecule has 5 nitrogen and oxygen atoms in total. The monoisotopic (exact) mass is 315 g/mol. The molecule has 1 aromatic rings. The SMILES string of the molecule is CCOCC(=O)OCC(=O)Nc1ccc(Br)cc1. The van der Waals surface area contributed by atoms with Gasteiger partial charge >= 0.3 is 5.97 Å². The van der Waals surface area contributed by atoms with E-state index in [-0.39, 0.29) is 19.1 Å².